The number of amides is 2. The van der Waals surface area contributed by atoms with Crippen LogP contribution in [-0.4, -0.2) is 40.6 Å². The fraction of sp³-hybridized carbons (Fsp3) is 0.381. The first-order valence-corrected chi connectivity index (χ1v) is 11.7. The van der Waals surface area contributed by atoms with E-state index in [1.165, 1.54) is 23.9 Å². The molecule has 3 rings (SSSR count). The van der Waals surface area contributed by atoms with Gasteiger partial charge in [0.1, 0.15) is 5.03 Å². The van der Waals surface area contributed by atoms with Crippen molar-refractivity contribution in [3.63, 3.8) is 0 Å². The molecule has 7 heteroatoms. The Balaban J connectivity index is 1.55. The average Bonchev–Trinajstić information content (AvgIpc) is 2.73. The van der Waals surface area contributed by atoms with Crippen molar-refractivity contribution in [3.8, 4) is 0 Å². The van der Waals surface area contributed by atoms with E-state index in [-0.39, 0.29) is 11.8 Å². The van der Waals surface area contributed by atoms with Crippen molar-refractivity contribution in [3.05, 3.63) is 53.7 Å². The predicted molar refractivity (Wildman–Crippen MR) is 117 cm³/mol. The Labute approximate surface area is 174 Å². The summed E-state index contributed by atoms with van der Waals surface area (Å²) < 4.78 is 0. The molecule has 2 aromatic rings. The van der Waals surface area contributed by atoms with Gasteiger partial charge in [0.25, 0.3) is 5.91 Å². The van der Waals surface area contributed by atoms with E-state index < -0.39 is 0 Å². The molecule has 0 saturated heterocycles. The lowest BCUT2D eigenvalue weighted by atomic mass is 10.1. The molecule has 0 saturated carbocycles. The number of fused-ring (bicyclic) bond motifs is 1. The van der Waals surface area contributed by atoms with Crippen LogP contribution in [0.1, 0.15) is 35.7 Å². The Morgan fingerprint density at radius 3 is 2.86 bits per heavy atom. The molecule has 2 amide bonds. The van der Waals surface area contributed by atoms with Gasteiger partial charge in [0.05, 0.1) is 18.0 Å². The molecule has 1 aliphatic heterocycles. The number of thioether (sulfide) groups is 2. The van der Waals surface area contributed by atoms with Crippen LogP contribution in [0, 0.1) is 0 Å². The molecule has 0 fully saturated rings. The number of hydrogen-bond donors (Lipinski definition) is 1. The second-order valence-corrected chi connectivity index (χ2v) is 8.70. The van der Waals surface area contributed by atoms with Crippen LogP contribution in [-0.2, 0) is 11.3 Å². The molecule has 0 radical (unpaired) electrons. The summed E-state index contributed by atoms with van der Waals surface area (Å²) in [5.74, 6) is 2.68. The van der Waals surface area contributed by atoms with E-state index in [2.05, 4.69) is 17.2 Å². The molecular weight excluding hydrogens is 390 g/mol. The highest BCUT2D eigenvalue weighted by atomic mass is 32.2. The van der Waals surface area contributed by atoms with Crippen LogP contribution in [0.4, 0.5) is 5.69 Å². The quantitative estimate of drug-likeness (QED) is 0.628. The van der Waals surface area contributed by atoms with Crippen molar-refractivity contribution in [1.82, 2.24) is 10.3 Å². The maximum atomic E-state index is 12.4. The lowest BCUT2D eigenvalue weighted by Crippen LogP contribution is -2.35. The molecule has 0 atom stereocenters. The van der Waals surface area contributed by atoms with Gasteiger partial charge in [-0.3, -0.25) is 9.59 Å². The Bertz CT molecular complexity index is 812. The molecule has 1 aliphatic rings. The standard InChI is InChI=1S/C21H25N3O2S2/c1-2-12-27-13-4-11-22-20(26)17-8-6-16(7-9-17)14-24-18-5-3-10-23-21(18)28-15-19(24)25/h3,5-10H,2,4,11-15H2,1H3,(H,22,26). The zero-order valence-electron chi connectivity index (χ0n) is 16.0. The number of nitrogens with one attached hydrogen (secondary N) is 1. The summed E-state index contributed by atoms with van der Waals surface area (Å²) in [6.45, 7) is 3.35. The summed E-state index contributed by atoms with van der Waals surface area (Å²) in [7, 11) is 0. The largest absolute Gasteiger partial charge is 0.352 e. The molecule has 1 N–H and O–H groups in total. The molecule has 2 heterocycles. The van der Waals surface area contributed by atoms with E-state index >= 15 is 0 Å². The predicted octanol–water partition coefficient (Wildman–Crippen LogP) is 3.98. The van der Waals surface area contributed by atoms with Crippen LogP contribution in [0.2, 0.25) is 0 Å². The van der Waals surface area contributed by atoms with E-state index in [9.17, 15) is 9.59 Å². The number of hydrogen-bond acceptors (Lipinski definition) is 5. The Morgan fingerprint density at radius 1 is 1.25 bits per heavy atom. The van der Waals surface area contributed by atoms with Crippen LogP contribution in [0.25, 0.3) is 0 Å². The Kier molecular flexibility index (Phi) is 7.80. The third kappa shape index (κ3) is 5.52. The summed E-state index contributed by atoms with van der Waals surface area (Å²) in [4.78, 5) is 30.7. The summed E-state index contributed by atoms with van der Waals surface area (Å²) in [6.07, 6.45) is 3.92. The van der Waals surface area contributed by atoms with E-state index in [1.54, 1.807) is 11.1 Å². The smallest absolute Gasteiger partial charge is 0.251 e. The maximum Gasteiger partial charge on any atom is 0.251 e. The minimum absolute atomic E-state index is 0.0490. The van der Waals surface area contributed by atoms with Crippen molar-refractivity contribution in [2.24, 2.45) is 0 Å². The fourth-order valence-electron chi connectivity index (χ4n) is 2.88. The summed E-state index contributed by atoms with van der Waals surface area (Å²) >= 11 is 3.40. The molecule has 1 aromatic carbocycles. The van der Waals surface area contributed by atoms with Gasteiger partial charge in [-0.1, -0.05) is 30.8 Å². The van der Waals surface area contributed by atoms with Gasteiger partial charge < -0.3 is 10.2 Å². The molecule has 1 aromatic heterocycles. The van der Waals surface area contributed by atoms with Gasteiger partial charge >= 0.3 is 0 Å². The molecule has 0 bridgehead atoms. The molecule has 148 valence electrons. The van der Waals surface area contributed by atoms with Gasteiger partial charge in [0.15, 0.2) is 0 Å². The van der Waals surface area contributed by atoms with Gasteiger partial charge in [-0.25, -0.2) is 4.98 Å². The first kappa shape index (κ1) is 20.7. The molecule has 28 heavy (non-hydrogen) atoms. The number of nitrogens with zero attached hydrogens (tertiary/aromatic N) is 2. The molecule has 5 nitrogen and oxygen atoms in total. The molecule has 0 spiro atoms. The fourth-order valence-corrected chi connectivity index (χ4v) is 4.60. The molecule has 0 aliphatic carbocycles. The van der Waals surface area contributed by atoms with Crippen molar-refractivity contribution in [2.45, 2.75) is 31.3 Å². The SMILES string of the molecule is CCCSCCCNC(=O)c1ccc(CN2C(=O)CSc3ncccc32)cc1. The van der Waals surface area contributed by atoms with Gasteiger partial charge in [-0.2, -0.15) is 11.8 Å². The second-order valence-electron chi connectivity index (χ2n) is 6.51. The van der Waals surface area contributed by atoms with Crippen LogP contribution in [0.15, 0.2) is 47.6 Å². The topological polar surface area (TPSA) is 62.3 Å². The van der Waals surface area contributed by atoms with Crippen LogP contribution in [0.5, 0.6) is 0 Å². The monoisotopic (exact) mass is 415 g/mol. The van der Waals surface area contributed by atoms with Crippen molar-refractivity contribution >= 4 is 41.0 Å². The second kappa shape index (κ2) is 10.5. The first-order chi connectivity index (χ1) is 13.7. The highest BCUT2D eigenvalue weighted by molar-refractivity contribution is 8.00. The first-order valence-electron chi connectivity index (χ1n) is 9.52. The number of carbonyl (C=O) groups is 2. The van der Waals surface area contributed by atoms with Crippen molar-refractivity contribution in [2.75, 3.05) is 28.7 Å². The molecule has 0 unspecified atom stereocenters. The third-order valence-corrected chi connectivity index (χ3v) is 6.59. The summed E-state index contributed by atoms with van der Waals surface area (Å²) in [5.41, 5.74) is 2.49. The summed E-state index contributed by atoms with van der Waals surface area (Å²) in [6, 6.07) is 11.2. The third-order valence-electron chi connectivity index (χ3n) is 4.33. The van der Waals surface area contributed by atoms with Crippen LogP contribution >= 0.6 is 23.5 Å². The minimum atomic E-state index is -0.0490. The van der Waals surface area contributed by atoms with E-state index in [0.29, 0.717) is 24.4 Å². The van der Waals surface area contributed by atoms with Gasteiger partial charge in [-0.05, 0) is 54.2 Å². The lowest BCUT2D eigenvalue weighted by Gasteiger charge is -2.28. The highest BCUT2D eigenvalue weighted by Crippen LogP contribution is 2.33. The maximum absolute atomic E-state index is 12.4. The lowest BCUT2D eigenvalue weighted by molar-refractivity contribution is -0.116. The average molecular weight is 416 g/mol. The zero-order chi connectivity index (χ0) is 19.8. The number of pyridine rings is 1. The number of aromatic nitrogens is 1. The minimum Gasteiger partial charge on any atom is -0.352 e. The number of carbonyl (C=O) groups excluding carboxylic acids is 2. The number of rotatable bonds is 9. The highest BCUT2D eigenvalue weighted by Gasteiger charge is 2.25. The number of benzene rings is 1. The van der Waals surface area contributed by atoms with Crippen molar-refractivity contribution in [1.29, 1.82) is 0 Å². The van der Waals surface area contributed by atoms with Crippen LogP contribution < -0.4 is 10.2 Å². The van der Waals surface area contributed by atoms with E-state index in [4.69, 9.17) is 0 Å². The number of anilines is 1. The van der Waals surface area contributed by atoms with Gasteiger partial charge in [-0.15, -0.1) is 0 Å². The van der Waals surface area contributed by atoms with Crippen molar-refractivity contribution < 1.29 is 9.59 Å². The van der Waals surface area contributed by atoms with Gasteiger partial charge in [0, 0.05) is 18.3 Å². The normalized spacial score (nSPS) is 13.3. The Morgan fingerprint density at radius 2 is 2.07 bits per heavy atom. The van der Waals surface area contributed by atoms with E-state index in [0.717, 1.165) is 28.5 Å². The molecular formula is C21H25N3O2S2. The zero-order valence-corrected chi connectivity index (χ0v) is 17.7. The Hall–Kier alpha value is -1.99. The van der Waals surface area contributed by atoms with E-state index in [1.807, 2.05) is 48.2 Å². The van der Waals surface area contributed by atoms with Crippen LogP contribution in [0.3, 0.4) is 0 Å². The van der Waals surface area contributed by atoms with Gasteiger partial charge in [0.2, 0.25) is 5.91 Å². The summed E-state index contributed by atoms with van der Waals surface area (Å²) in [5, 5.41) is 3.85.